The number of carbonyl (C=O) groups is 1. The van der Waals surface area contributed by atoms with Gasteiger partial charge in [-0.1, -0.05) is 43.4 Å². The lowest BCUT2D eigenvalue weighted by atomic mass is 9.96. The normalized spacial score (nSPS) is 15.2. The number of hydrogen-bond donors (Lipinski definition) is 0. The van der Waals surface area contributed by atoms with E-state index in [4.69, 9.17) is 18.9 Å². The Kier molecular flexibility index (Phi) is 8.36. The van der Waals surface area contributed by atoms with Crippen LogP contribution in [0.2, 0.25) is 0 Å². The molecule has 1 atom stereocenters. The molecule has 1 unspecified atom stereocenters. The van der Waals surface area contributed by atoms with Crippen LogP contribution in [0.4, 0.5) is 0 Å². The van der Waals surface area contributed by atoms with Crippen LogP contribution in [0.3, 0.4) is 0 Å². The molecule has 3 aromatic rings. The van der Waals surface area contributed by atoms with E-state index >= 15 is 0 Å². The highest BCUT2D eigenvalue weighted by Crippen LogP contribution is 2.32. The van der Waals surface area contributed by atoms with Gasteiger partial charge in [-0.05, 0) is 60.7 Å². The maximum Gasteiger partial charge on any atom is 0.338 e. The summed E-state index contributed by atoms with van der Waals surface area (Å²) in [7, 11) is 4.50. The number of hydrogen-bond acceptors (Lipinski definition) is 8. The standard InChI is InChI=1S/C29H32N2O6S/c1-17(2)13-14-37-22-12-7-19(15-23(22)35-5)16-24-27(32)31-26(20-8-10-21(34-4)11-9-20)25(28(33)36-6)18(3)30-29(31)38-24/h7-12,15-17,26H,13-14H2,1-6H3/b24-16+. The van der Waals surface area contributed by atoms with E-state index in [1.54, 1.807) is 43.9 Å². The molecule has 1 aliphatic heterocycles. The molecule has 1 aliphatic rings. The highest BCUT2D eigenvalue weighted by atomic mass is 32.1. The SMILES string of the molecule is COC(=O)C1=C(C)N=c2s/c(=C/c3ccc(OCCC(C)C)c(OC)c3)c(=O)n2C1c1ccc(OC)cc1. The molecule has 0 aliphatic carbocycles. The first-order chi connectivity index (χ1) is 18.3. The Morgan fingerprint density at radius 1 is 1.08 bits per heavy atom. The summed E-state index contributed by atoms with van der Waals surface area (Å²) < 4.78 is 23.8. The van der Waals surface area contributed by atoms with Gasteiger partial charge in [-0.15, -0.1) is 0 Å². The molecule has 200 valence electrons. The second-order valence-electron chi connectivity index (χ2n) is 9.29. The van der Waals surface area contributed by atoms with Gasteiger partial charge in [-0.3, -0.25) is 9.36 Å². The molecule has 0 saturated heterocycles. The second kappa shape index (κ2) is 11.7. The van der Waals surface area contributed by atoms with Gasteiger partial charge in [-0.2, -0.15) is 0 Å². The van der Waals surface area contributed by atoms with Crippen molar-refractivity contribution in [2.24, 2.45) is 10.9 Å². The van der Waals surface area contributed by atoms with Crippen molar-refractivity contribution in [2.75, 3.05) is 27.9 Å². The van der Waals surface area contributed by atoms with Crippen LogP contribution >= 0.6 is 11.3 Å². The molecule has 8 nitrogen and oxygen atoms in total. The van der Waals surface area contributed by atoms with Crippen LogP contribution in [0.15, 0.2) is 63.5 Å². The molecule has 0 bridgehead atoms. The van der Waals surface area contributed by atoms with Crippen molar-refractivity contribution in [3.63, 3.8) is 0 Å². The molecule has 38 heavy (non-hydrogen) atoms. The minimum absolute atomic E-state index is 0.250. The summed E-state index contributed by atoms with van der Waals surface area (Å²) in [5.41, 5.74) is 2.11. The van der Waals surface area contributed by atoms with E-state index in [-0.39, 0.29) is 5.56 Å². The fraction of sp³-hybridized carbons (Fsp3) is 0.345. The van der Waals surface area contributed by atoms with Crippen LogP contribution in [0, 0.1) is 5.92 Å². The first-order valence-corrected chi connectivity index (χ1v) is 13.1. The lowest BCUT2D eigenvalue weighted by molar-refractivity contribution is -0.136. The predicted molar refractivity (Wildman–Crippen MR) is 147 cm³/mol. The van der Waals surface area contributed by atoms with Crippen molar-refractivity contribution in [1.82, 2.24) is 4.57 Å². The van der Waals surface area contributed by atoms with Gasteiger partial charge < -0.3 is 18.9 Å². The summed E-state index contributed by atoms with van der Waals surface area (Å²) >= 11 is 1.27. The van der Waals surface area contributed by atoms with Crippen molar-refractivity contribution >= 4 is 23.4 Å². The predicted octanol–water partition coefficient (Wildman–Crippen LogP) is 3.85. The Morgan fingerprint density at radius 2 is 1.82 bits per heavy atom. The zero-order valence-electron chi connectivity index (χ0n) is 22.4. The summed E-state index contributed by atoms with van der Waals surface area (Å²) in [5.74, 6) is 1.93. The molecule has 0 fully saturated rings. The van der Waals surface area contributed by atoms with E-state index in [0.717, 1.165) is 17.5 Å². The van der Waals surface area contributed by atoms with Crippen LogP contribution < -0.4 is 29.1 Å². The number of aromatic nitrogens is 1. The largest absolute Gasteiger partial charge is 0.497 e. The van der Waals surface area contributed by atoms with Crippen molar-refractivity contribution in [1.29, 1.82) is 0 Å². The molecule has 0 saturated carbocycles. The first kappa shape index (κ1) is 27.2. The molecule has 0 amide bonds. The number of nitrogens with zero attached hydrogens (tertiary/aromatic N) is 2. The summed E-state index contributed by atoms with van der Waals surface area (Å²) in [6.07, 6.45) is 2.74. The minimum Gasteiger partial charge on any atom is -0.497 e. The van der Waals surface area contributed by atoms with Crippen molar-refractivity contribution < 1.29 is 23.7 Å². The van der Waals surface area contributed by atoms with Gasteiger partial charge in [0.15, 0.2) is 16.3 Å². The van der Waals surface area contributed by atoms with Crippen LogP contribution in [-0.2, 0) is 9.53 Å². The summed E-state index contributed by atoms with van der Waals surface area (Å²) in [5, 5.41) is 0. The molecule has 9 heteroatoms. The van der Waals surface area contributed by atoms with Gasteiger partial charge in [0, 0.05) is 0 Å². The van der Waals surface area contributed by atoms with Crippen molar-refractivity contribution in [3.8, 4) is 17.2 Å². The molecule has 1 aromatic heterocycles. The number of allylic oxidation sites excluding steroid dienone is 1. The number of fused-ring (bicyclic) bond motifs is 1. The summed E-state index contributed by atoms with van der Waals surface area (Å²) in [6.45, 7) is 6.64. The lowest BCUT2D eigenvalue weighted by Crippen LogP contribution is -2.39. The van der Waals surface area contributed by atoms with Crippen LogP contribution in [0.25, 0.3) is 6.08 Å². The number of ether oxygens (including phenoxy) is 4. The smallest absolute Gasteiger partial charge is 0.338 e. The average molecular weight is 537 g/mol. The van der Waals surface area contributed by atoms with E-state index in [1.165, 1.54) is 18.4 Å². The third-order valence-electron chi connectivity index (χ3n) is 6.30. The number of benzene rings is 2. The number of carbonyl (C=O) groups excluding carboxylic acids is 1. The fourth-order valence-electron chi connectivity index (χ4n) is 4.24. The molecule has 2 aromatic carbocycles. The highest BCUT2D eigenvalue weighted by molar-refractivity contribution is 7.07. The topological polar surface area (TPSA) is 88.4 Å². The molecular weight excluding hydrogens is 504 g/mol. The van der Waals surface area contributed by atoms with Gasteiger partial charge in [0.2, 0.25) is 0 Å². The summed E-state index contributed by atoms with van der Waals surface area (Å²) in [6, 6.07) is 12.2. The van der Waals surface area contributed by atoms with Crippen LogP contribution in [0.1, 0.15) is 44.4 Å². The minimum atomic E-state index is -0.682. The van der Waals surface area contributed by atoms with E-state index in [1.807, 2.05) is 30.3 Å². The van der Waals surface area contributed by atoms with Gasteiger partial charge >= 0.3 is 5.97 Å². The number of methoxy groups -OCH3 is 3. The molecule has 4 rings (SSSR count). The molecule has 0 N–H and O–H groups in total. The Morgan fingerprint density at radius 3 is 2.45 bits per heavy atom. The van der Waals surface area contributed by atoms with E-state index in [2.05, 4.69) is 18.8 Å². The maximum absolute atomic E-state index is 13.7. The van der Waals surface area contributed by atoms with E-state index < -0.39 is 12.0 Å². The van der Waals surface area contributed by atoms with Crippen LogP contribution in [0.5, 0.6) is 17.2 Å². The molecule has 0 radical (unpaired) electrons. The van der Waals surface area contributed by atoms with Gasteiger partial charge in [-0.25, -0.2) is 9.79 Å². The zero-order chi connectivity index (χ0) is 27.4. The number of rotatable bonds is 9. The third kappa shape index (κ3) is 5.52. The third-order valence-corrected chi connectivity index (χ3v) is 7.28. The van der Waals surface area contributed by atoms with Crippen molar-refractivity contribution in [3.05, 3.63) is 84.5 Å². The zero-order valence-corrected chi connectivity index (χ0v) is 23.3. The lowest BCUT2D eigenvalue weighted by Gasteiger charge is -2.24. The quantitative estimate of drug-likeness (QED) is 0.386. The number of thiazole rings is 1. The van der Waals surface area contributed by atoms with Gasteiger partial charge in [0.1, 0.15) is 5.75 Å². The van der Waals surface area contributed by atoms with Gasteiger partial charge in [0.05, 0.1) is 49.8 Å². The Balaban J connectivity index is 1.80. The van der Waals surface area contributed by atoms with E-state index in [9.17, 15) is 9.59 Å². The fourth-order valence-corrected chi connectivity index (χ4v) is 5.29. The maximum atomic E-state index is 13.7. The Bertz CT molecular complexity index is 1530. The Labute approximate surface area is 225 Å². The second-order valence-corrected chi connectivity index (χ2v) is 10.3. The molecule has 2 heterocycles. The monoisotopic (exact) mass is 536 g/mol. The first-order valence-electron chi connectivity index (χ1n) is 12.3. The molecule has 0 spiro atoms. The molecular formula is C29H32N2O6S. The van der Waals surface area contributed by atoms with Crippen molar-refractivity contribution in [2.45, 2.75) is 33.2 Å². The summed E-state index contributed by atoms with van der Waals surface area (Å²) in [4.78, 5) is 31.7. The highest BCUT2D eigenvalue weighted by Gasteiger charge is 2.33. The average Bonchev–Trinajstić information content (AvgIpc) is 3.21. The number of esters is 1. The van der Waals surface area contributed by atoms with E-state index in [0.29, 0.717) is 50.4 Å². The van der Waals surface area contributed by atoms with Crippen LogP contribution in [-0.4, -0.2) is 38.5 Å². The van der Waals surface area contributed by atoms with Gasteiger partial charge in [0.25, 0.3) is 5.56 Å². The Hall–Kier alpha value is -3.85.